The fourth-order valence-corrected chi connectivity index (χ4v) is 3.43. The molecule has 0 bridgehead atoms. The number of alkyl halides is 3. The molecule has 1 saturated carbocycles. The summed E-state index contributed by atoms with van der Waals surface area (Å²) < 4.78 is 38.6. The minimum Gasteiger partial charge on any atom is -0.335 e. The van der Waals surface area contributed by atoms with Gasteiger partial charge in [-0.1, -0.05) is 31.5 Å². The number of aromatic nitrogens is 3. The Kier molecular flexibility index (Phi) is 6.31. The molecule has 0 spiro atoms. The molecule has 140 valence electrons. The fourth-order valence-electron chi connectivity index (χ4n) is 2.72. The molecule has 2 atom stereocenters. The largest absolute Gasteiger partial charge is 0.451 e. The van der Waals surface area contributed by atoms with E-state index < -0.39 is 23.9 Å². The molecule has 0 radical (unpaired) electrons. The Morgan fingerprint density at radius 3 is 2.56 bits per heavy atom. The number of carbonyl (C=O) groups is 2. The molecule has 2 N–H and O–H groups in total. The fraction of sp³-hybridized carbons (Fsp3) is 0.714. The molecule has 3 amide bonds. The van der Waals surface area contributed by atoms with Gasteiger partial charge in [-0.05, 0) is 18.8 Å². The number of thioether (sulfide) groups is 1. The van der Waals surface area contributed by atoms with Crippen LogP contribution in [-0.2, 0) is 18.0 Å². The SMILES string of the molecule is C[C@H]1CCCC[C@H]1NC(=O)NC(=O)CSc1nnc(C(F)(F)F)n1C. The van der Waals surface area contributed by atoms with Crippen molar-refractivity contribution >= 4 is 23.7 Å². The van der Waals surface area contributed by atoms with Crippen LogP contribution in [-0.4, -0.2) is 38.5 Å². The standard InChI is InChI=1S/C14H20F3N5O2S/c1-8-5-3-4-6-9(8)18-12(24)19-10(23)7-25-13-21-20-11(22(13)2)14(15,16)17/h8-9H,3-7H2,1-2H3,(H2,18,19,23,24)/t8-,9+/m0/s1. The molecule has 1 aliphatic rings. The zero-order valence-electron chi connectivity index (χ0n) is 13.9. The maximum atomic E-state index is 12.6. The van der Waals surface area contributed by atoms with Gasteiger partial charge in [-0.3, -0.25) is 10.1 Å². The lowest BCUT2D eigenvalue weighted by molar-refractivity contribution is -0.147. The minimum atomic E-state index is -4.61. The van der Waals surface area contributed by atoms with E-state index in [0.29, 0.717) is 5.92 Å². The lowest BCUT2D eigenvalue weighted by Crippen LogP contribution is -2.48. The first kappa shape index (κ1) is 19.5. The molecule has 0 aromatic carbocycles. The van der Waals surface area contributed by atoms with E-state index in [1.807, 2.05) is 6.92 Å². The Hall–Kier alpha value is -1.78. The maximum absolute atomic E-state index is 12.6. The van der Waals surface area contributed by atoms with Gasteiger partial charge >= 0.3 is 12.2 Å². The van der Waals surface area contributed by atoms with Crippen LogP contribution in [0.15, 0.2) is 5.16 Å². The molecule has 25 heavy (non-hydrogen) atoms. The average molecular weight is 379 g/mol. The normalized spacial score (nSPS) is 21.0. The number of nitrogens with zero attached hydrogens (tertiary/aromatic N) is 3. The molecule has 1 aromatic heterocycles. The summed E-state index contributed by atoms with van der Waals surface area (Å²) in [4.78, 5) is 23.6. The van der Waals surface area contributed by atoms with Gasteiger partial charge in [0.05, 0.1) is 5.75 Å². The Labute approximate surface area is 147 Å². The van der Waals surface area contributed by atoms with Gasteiger partial charge in [0.1, 0.15) is 0 Å². The number of nitrogens with one attached hydrogen (secondary N) is 2. The van der Waals surface area contributed by atoms with E-state index in [9.17, 15) is 22.8 Å². The topological polar surface area (TPSA) is 88.9 Å². The zero-order valence-corrected chi connectivity index (χ0v) is 14.7. The minimum absolute atomic E-state index is 0.0299. The molecule has 11 heteroatoms. The van der Waals surface area contributed by atoms with Crippen LogP contribution in [0.2, 0.25) is 0 Å². The monoisotopic (exact) mass is 379 g/mol. The Morgan fingerprint density at radius 2 is 1.96 bits per heavy atom. The van der Waals surface area contributed by atoms with Crippen LogP contribution in [0.1, 0.15) is 38.4 Å². The third kappa shape index (κ3) is 5.35. The average Bonchev–Trinajstić information content (AvgIpc) is 2.88. The van der Waals surface area contributed by atoms with Gasteiger partial charge in [-0.25, -0.2) is 4.79 Å². The molecular weight excluding hydrogens is 359 g/mol. The Bertz CT molecular complexity index is 634. The summed E-state index contributed by atoms with van der Waals surface area (Å²) in [5, 5.41) is 11.4. The van der Waals surface area contributed by atoms with Crippen LogP contribution in [0.5, 0.6) is 0 Å². The Balaban J connectivity index is 1.81. The molecular formula is C14H20F3N5O2S. The summed E-state index contributed by atoms with van der Waals surface area (Å²) in [5.74, 6) is -1.64. The zero-order chi connectivity index (χ0) is 18.6. The van der Waals surface area contributed by atoms with Crippen molar-refractivity contribution in [1.29, 1.82) is 0 Å². The predicted molar refractivity (Wildman–Crippen MR) is 84.8 cm³/mol. The van der Waals surface area contributed by atoms with Crippen molar-refractivity contribution in [3.05, 3.63) is 5.82 Å². The summed E-state index contributed by atoms with van der Waals surface area (Å²) in [6.45, 7) is 2.05. The van der Waals surface area contributed by atoms with Crippen LogP contribution in [0, 0.1) is 5.92 Å². The van der Waals surface area contributed by atoms with Gasteiger partial charge in [0.2, 0.25) is 11.7 Å². The van der Waals surface area contributed by atoms with Gasteiger partial charge in [0.25, 0.3) is 0 Å². The second-order valence-electron chi connectivity index (χ2n) is 6.04. The van der Waals surface area contributed by atoms with Crippen LogP contribution >= 0.6 is 11.8 Å². The van der Waals surface area contributed by atoms with Gasteiger partial charge in [0, 0.05) is 13.1 Å². The van der Waals surface area contributed by atoms with E-state index in [-0.39, 0.29) is 17.0 Å². The lowest BCUT2D eigenvalue weighted by atomic mass is 9.86. The van der Waals surface area contributed by atoms with Crippen LogP contribution in [0.25, 0.3) is 0 Å². The molecule has 2 rings (SSSR count). The number of carbonyl (C=O) groups excluding carboxylic acids is 2. The van der Waals surface area contributed by atoms with Crippen molar-refractivity contribution in [2.75, 3.05) is 5.75 Å². The summed E-state index contributed by atoms with van der Waals surface area (Å²) in [7, 11) is 1.17. The van der Waals surface area contributed by atoms with Gasteiger partial charge in [0.15, 0.2) is 5.16 Å². The van der Waals surface area contributed by atoms with Crippen molar-refractivity contribution in [3.63, 3.8) is 0 Å². The first-order valence-electron chi connectivity index (χ1n) is 7.88. The van der Waals surface area contributed by atoms with Crippen molar-refractivity contribution in [2.24, 2.45) is 13.0 Å². The third-order valence-corrected chi connectivity index (χ3v) is 5.12. The van der Waals surface area contributed by atoms with Crippen molar-refractivity contribution in [2.45, 2.75) is 50.0 Å². The maximum Gasteiger partial charge on any atom is 0.451 e. The van der Waals surface area contributed by atoms with E-state index in [2.05, 4.69) is 20.8 Å². The number of halogens is 3. The lowest BCUT2D eigenvalue weighted by Gasteiger charge is -2.29. The number of rotatable bonds is 4. The highest BCUT2D eigenvalue weighted by Gasteiger charge is 2.37. The molecule has 0 saturated heterocycles. The van der Waals surface area contributed by atoms with Gasteiger partial charge < -0.3 is 9.88 Å². The first-order valence-corrected chi connectivity index (χ1v) is 8.86. The second kappa shape index (κ2) is 8.07. The second-order valence-corrected chi connectivity index (χ2v) is 6.98. The number of amides is 3. The molecule has 0 aliphatic heterocycles. The van der Waals surface area contributed by atoms with E-state index in [1.165, 1.54) is 7.05 Å². The van der Waals surface area contributed by atoms with Crippen LogP contribution in [0.3, 0.4) is 0 Å². The van der Waals surface area contributed by atoms with Gasteiger partial charge in [-0.15, -0.1) is 10.2 Å². The first-order chi connectivity index (χ1) is 11.7. The summed E-state index contributed by atoms with van der Waals surface area (Å²) >= 11 is 0.778. The molecule has 7 nitrogen and oxygen atoms in total. The van der Waals surface area contributed by atoms with E-state index in [0.717, 1.165) is 42.0 Å². The Morgan fingerprint density at radius 1 is 1.28 bits per heavy atom. The highest BCUT2D eigenvalue weighted by molar-refractivity contribution is 7.99. The molecule has 1 aliphatic carbocycles. The van der Waals surface area contributed by atoms with Crippen molar-refractivity contribution in [1.82, 2.24) is 25.4 Å². The number of urea groups is 1. The van der Waals surface area contributed by atoms with Crippen molar-refractivity contribution < 1.29 is 22.8 Å². The predicted octanol–water partition coefficient (Wildman–Crippen LogP) is 2.33. The highest BCUT2D eigenvalue weighted by Crippen LogP contribution is 2.29. The number of hydrogen-bond acceptors (Lipinski definition) is 5. The summed E-state index contributed by atoms with van der Waals surface area (Å²) in [5.41, 5.74) is 0. The van der Waals surface area contributed by atoms with E-state index in [1.54, 1.807) is 0 Å². The number of hydrogen-bond donors (Lipinski definition) is 2. The van der Waals surface area contributed by atoms with E-state index >= 15 is 0 Å². The molecule has 1 fully saturated rings. The molecule has 1 aromatic rings. The van der Waals surface area contributed by atoms with Crippen molar-refractivity contribution in [3.8, 4) is 0 Å². The number of imide groups is 1. The summed E-state index contributed by atoms with van der Waals surface area (Å²) in [6.07, 6.45) is -0.542. The molecule has 0 unspecified atom stereocenters. The van der Waals surface area contributed by atoms with Crippen LogP contribution in [0.4, 0.5) is 18.0 Å². The van der Waals surface area contributed by atoms with Gasteiger partial charge in [-0.2, -0.15) is 13.2 Å². The molecule has 1 heterocycles. The quantitative estimate of drug-likeness (QED) is 0.784. The van der Waals surface area contributed by atoms with Crippen LogP contribution < -0.4 is 10.6 Å². The van der Waals surface area contributed by atoms with E-state index in [4.69, 9.17) is 0 Å². The smallest absolute Gasteiger partial charge is 0.335 e. The summed E-state index contributed by atoms with van der Waals surface area (Å²) in [6, 6.07) is -0.555. The highest BCUT2D eigenvalue weighted by atomic mass is 32.2. The third-order valence-electron chi connectivity index (χ3n) is 4.10.